The summed E-state index contributed by atoms with van der Waals surface area (Å²) in [4.78, 5) is 15.4. The van der Waals surface area contributed by atoms with Gasteiger partial charge in [-0.3, -0.25) is 4.79 Å². The Morgan fingerprint density at radius 1 is 1.17 bits per heavy atom. The van der Waals surface area contributed by atoms with Crippen LogP contribution in [0.4, 0.5) is 0 Å². The lowest BCUT2D eigenvalue weighted by Crippen LogP contribution is -2.34. The van der Waals surface area contributed by atoms with Crippen LogP contribution in [0.25, 0.3) is 17.1 Å². The van der Waals surface area contributed by atoms with Crippen LogP contribution in [0.5, 0.6) is 0 Å². The third-order valence-corrected chi connectivity index (χ3v) is 5.10. The molecule has 1 amide bonds. The van der Waals surface area contributed by atoms with Gasteiger partial charge in [-0.25, -0.2) is 4.68 Å². The number of hydrogen-bond acceptors (Lipinski definition) is 4. The fraction of sp³-hybridized carbons (Fsp3) is 0.391. The lowest BCUT2D eigenvalue weighted by atomic mass is 10.1. The van der Waals surface area contributed by atoms with Gasteiger partial charge in [0, 0.05) is 12.1 Å². The number of benzene rings is 1. The van der Waals surface area contributed by atoms with E-state index in [1.807, 2.05) is 42.5 Å². The van der Waals surface area contributed by atoms with Crippen molar-refractivity contribution in [3.05, 3.63) is 60.5 Å². The Kier molecular flexibility index (Phi) is 7.25. The first-order valence-electron chi connectivity index (χ1n) is 10.3. The molecule has 2 heterocycles. The van der Waals surface area contributed by atoms with Gasteiger partial charge < -0.3 is 14.6 Å². The topological polar surface area (TPSA) is 63.3 Å². The van der Waals surface area contributed by atoms with Gasteiger partial charge in [-0.05, 0) is 63.7 Å². The van der Waals surface area contributed by atoms with Crippen molar-refractivity contribution in [3.8, 4) is 17.1 Å². The zero-order chi connectivity index (χ0) is 20.6. The van der Waals surface area contributed by atoms with Crippen LogP contribution in [0.2, 0.25) is 0 Å². The molecule has 2 aromatic heterocycles. The number of amides is 1. The third-order valence-electron chi connectivity index (χ3n) is 5.10. The molecule has 29 heavy (non-hydrogen) atoms. The highest BCUT2D eigenvalue weighted by Gasteiger charge is 2.20. The number of para-hydroxylation sites is 1. The van der Waals surface area contributed by atoms with Gasteiger partial charge in [-0.15, -0.1) is 0 Å². The summed E-state index contributed by atoms with van der Waals surface area (Å²) < 4.78 is 7.15. The van der Waals surface area contributed by atoms with Crippen LogP contribution in [0, 0.1) is 0 Å². The van der Waals surface area contributed by atoms with Crippen molar-refractivity contribution in [1.29, 1.82) is 0 Å². The molecule has 0 spiro atoms. The highest BCUT2D eigenvalue weighted by atomic mass is 16.3. The van der Waals surface area contributed by atoms with E-state index in [0.29, 0.717) is 17.1 Å². The van der Waals surface area contributed by atoms with Crippen molar-refractivity contribution in [2.45, 2.75) is 39.7 Å². The van der Waals surface area contributed by atoms with Gasteiger partial charge in [0.2, 0.25) is 0 Å². The molecular weight excluding hydrogens is 364 g/mol. The molecule has 0 aliphatic heterocycles. The molecule has 154 valence electrons. The first-order valence-corrected chi connectivity index (χ1v) is 10.3. The Morgan fingerprint density at radius 2 is 1.93 bits per heavy atom. The van der Waals surface area contributed by atoms with Gasteiger partial charge in [-0.2, -0.15) is 5.10 Å². The summed E-state index contributed by atoms with van der Waals surface area (Å²) in [5.74, 6) is 0.510. The zero-order valence-electron chi connectivity index (χ0n) is 17.5. The second kappa shape index (κ2) is 10.1. The molecule has 0 unspecified atom stereocenters. The first kappa shape index (κ1) is 20.9. The molecule has 3 rings (SSSR count). The van der Waals surface area contributed by atoms with Crippen molar-refractivity contribution in [2.75, 3.05) is 19.6 Å². The monoisotopic (exact) mass is 394 g/mol. The van der Waals surface area contributed by atoms with Crippen LogP contribution in [0.1, 0.15) is 44.1 Å². The molecule has 0 saturated carbocycles. The molecule has 1 N–H and O–H groups in total. The van der Waals surface area contributed by atoms with E-state index >= 15 is 0 Å². The Hall–Kier alpha value is -2.86. The van der Waals surface area contributed by atoms with Gasteiger partial charge in [0.25, 0.3) is 5.91 Å². The van der Waals surface area contributed by atoms with Gasteiger partial charge in [0.1, 0.15) is 11.4 Å². The minimum absolute atomic E-state index is 0.0873. The molecule has 0 radical (unpaired) electrons. The Morgan fingerprint density at radius 3 is 2.59 bits per heavy atom. The minimum Gasteiger partial charge on any atom is -0.463 e. The molecule has 6 heteroatoms. The van der Waals surface area contributed by atoms with Gasteiger partial charge in [0.15, 0.2) is 5.76 Å². The van der Waals surface area contributed by atoms with Crippen molar-refractivity contribution in [2.24, 2.45) is 0 Å². The molecule has 0 fully saturated rings. The maximum absolute atomic E-state index is 13.0. The lowest BCUT2D eigenvalue weighted by molar-refractivity contribution is 0.0929. The summed E-state index contributed by atoms with van der Waals surface area (Å²) in [6, 6.07) is 15.2. The fourth-order valence-electron chi connectivity index (χ4n) is 3.38. The summed E-state index contributed by atoms with van der Waals surface area (Å²) in [5, 5.41) is 7.74. The normalized spacial score (nSPS) is 12.3. The quantitative estimate of drug-likeness (QED) is 0.554. The Labute approximate surface area is 172 Å². The smallest absolute Gasteiger partial charge is 0.270 e. The van der Waals surface area contributed by atoms with Crippen LogP contribution in [-0.4, -0.2) is 46.3 Å². The second-order valence-corrected chi connectivity index (χ2v) is 7.18. The maximum atomic E-state index is 13.0. The summed E-state index contributed by atoms with van der Waals surface area (Å²) in [6.07, 6.45) is 3.60. The first-order chi connectivity index (χ1) is 14.1. The number of rotatable bonds is 10. The van der Waals surface area contributed by atoms with Crippen LogP contribution in [0.15, 0.2) is 59.2 Å². The lowest BCUT2D eigenvalue weighted by Gasteiger charge is -2.20. The third kappa shape index (κ3) is 5.35. The van der Waals surface area contributed by atoms with E-state index < -0.39 is 0 Å². The van der Waals surface area contributed by atoms with E-state index in [2.05, 4.69) is 36.1 Å². The summed E-state index contributed by atoms with van der Waals surface area (Å²) >= 11 is 0. The van der Waals surface area contributed by atoms with E-state index in [1.165, 1.54) is 0 Å². The predicted octanol–water partition coefficient (Wildman–Crippen LogP) is 4.37. The average Bonchev–Trinajstić information content (AvgIpc) is 3.41. The zero-order valence-corrected chi connectivity index (χ0v) is 17.5. The summed E-state index contributed by atoms with van der Waals surface area (Å²) in [7, 11) is 0. The Balaban J connectivity index is 1.73. The number of carbonyl (C=O) groups excluding carboxylic acids is 1. The van der Waals surface area contributed by atoms with Crippen LogP contribution < -0.4 is 5.32 Å². The van der Waals surface area contributed by atoms with E-state index in [4.69, 9.17) is 4.42 Å². The number of nitrogens with zero attached hydrogens (tertiary/aromatic N) is 3. The number of hydrogen-bond donors (Lipinski definition) is 1. The largest absolute Gasteiger partial charge is 0.463 e. The highest BCUT2D eigenvalue weighted by molar-refractivity contribution is 5.94. The average molecular weight is 395 g/mol. The van der Waals surface area contributed by atoms with E-state index in [0.717, 1.165) is 38.2 Å². The SMILES string of the molecule is CCN(CC)CCC[C@@H](C)NC(=O)c1cc(-c2ccco2)nn1-c1ccccc1. The maximum Gasteiger partial charge on any atom is 0.270 e. The molecule has 6 nitrogen and oxygen atoms in total. The van der Waals surface area contributed by atoms with Gasteiger partial charge in [0.05, 0.1) is 12.0 Å². The molecule has 1 aromatic carbocycles. The number of carbonyl (C=O) groups is 1. The van der Waals surface area contributed by atoms with E-state index in [-0.39, 0.29) is 11.9 Å². The summed E-state index contributed by atoms with van der Waals surface area (Å²) in [5.41, 5.74) is 1.97. The molecular formula is C23H30N4O2. The van der Waals surface area contributed by atoms with E-state index in [9.17, 15) is 4.79 Å². The standard InChI is InChI=1S/C23H30N4O2/c1-4-26(5-2)15-9-11-18(3)24-23(28)21-17-20(22-14-10-16-29-22)25-27(21)19-12-7-6-8-13-19/h6-8,10,12-14,16-18H,4-5,9,11,15H2,1-3H3,(H,24,28)/t18-/m1/s1. The molecule has 0 aliphatic carbocycles. The molecule has 0 aliphatic rings. The van der Waals surface area contributed by atoms with E-state index in [1.54, 1.807) is 17.0 Å². The van der Waals surface area contributed by atoms with Crippen LogP contribution in [-0.2, 0) is 0 Å². The summed E-state index contributed by atoms with van der Waals surface area (Å²) in [6.45, 7) is 9.58. The number of furan rings is 1. The molecule has 0 bridgehead atoms. The van der Waals surface area contributed by atoms with Gasteiger partial charge >= 0.3 is 0 Å². The predicted molar refractivity (Wildman–Crippen MR) is 115 cm³/mol. The fourth-order valence-corrected chi connectivity index (χ4v) is 3.38. The van der Waals surface area contributed by atoms with Crippen LogP contribution >= 0.6 is 0 Å². The Bertz CT molecular complexity index is 883. The number of aromatic nitrogens is 2. The molecule has 1 atom stereocenters. The van der Waals surface area contributed by atoms with Crippen LogP contribution in [0.3, 0.4) is 0 Å². The molecule has 3 aromatic rings. The van der Waals surface area contributed by atoms with Crippen molar-refractivity contribution < 1.29 is 9.21 Å². The highest BCUT2D eigenvalue weighted by Crippen LogP contribution is 2.22. The second-order valence-electron chi connectivity index (χ2n) is 7.18. The number of nitrogens with one attached hydrogen (secondary N) is 1. The van der Waals surface area contributed by atoms with Crippen molar-refractivity contribution in [3.63, 3.8) is 0 Å². The minimum atomic E-state index is -0.130. The van der Waals surface area contributed by atoms with Crippen molar-refractivity contribution >= 4 is 5.91 Å². The van der Waals surface area contributed by atoms with Crippen molar-refractivity contribution in [1.82, 2.24) is 20.0 Å². The van der Waals surface area contributed by atoms with Gasteiger partial charge in [-0.1, -0.05) is 32.0 Å². The molecule has 0 saturated heterocycles.